The van der Waals surface area contributed by atoms with Crippen LogP contribution in [0.4, 0.5) is 0 Å². The summed E-state index contributed by atoms with van der Waals surface area (Å²) >= 11 is 0. The number of aryl methyl sites for hydroxylation is 1. The summed E-state index contributed by atoms with van der Waals surface area (Å²) in [5.41, 5.74) is 7.92. The summed E-state index contributed by atoms with van der Waals surface area (Å²) in [5, 5.41) is 9.11. The summed E-state index contributed by atoms with van der Waals surface area (Å²) in [6.45, 7) is -0.0338. The Kier molecular flexibility index (Phi) is 7.54. The SMILES string of the molecule is NC(CCc1ccccc1)P(=O)(O)CN(CC(=O)O)Cc1ccccc1. The lowest BCUT2D eigenvalue weighted by atomic mass is 10.1. The molecular formula is C19H25N2O4P. The molecule has 140 valence electrons. The molecule has 0 amide bonds. The first-order valence-electron chi connectivity index (χ1n) is 8.46. The zero-order chi connectivity index (χ0) is 19.0. The molecule has 26 heavy (non-hydrogen) atoms. The van der Waals surface area contributed by atoms with Crippen molar-refractivity contribution >= 4 is 13.3 Å². The largest absolute Gasteiger partial charge is 0.480 e. The predicted molar refractivity (Wildman–Crippen MR) is 102 cm³/mol. The van der Waals surface area contributed by atoms with Gasteiger partial charge in [-0.2, -0.15) is 0 Å². The standard InChI is InChI=1S/C19H25N2O4P/c20-18(12-11-16-7-3-1-4-8-16)26(24,25)15-21(14-19(22)23)13-17-9-5-2-6-10-17/h1-10,18H,11-15,20H2,(H,22,23)(H,24,25). The van der Waals surface area contributed by atoms with Crippen LogP contribution in [-0.2, 0) is 22.3 Å². The third-order valence-electron chi connectivity index (χ3n) is 4.10. The van der Waals surface area contributed by atoms with E-state index in [2.05, 4.69) is 0 Å². The fourth-order valence-corrected chi connectivity index (χ4v) is 4.26. The van der Waals surface area contributed by atoms with Gasteiger partial charge in [0.2, 0.25) is 7.37 Å². The third kappa shape index (κ3) is 6.73. The van der Waals surface area contributed by atoms with Crippen molar-refractivity contribution in [3.05, 3.63) is 71.8 Å². The van der Waals surface area contributed by atoms with E-state index in [-0.39, 0.29) is 19.4 Å². The predicted octanol–water partition coefficient (Wildman–Crippen LogP) is 2.72. The van der Waals surface area contributed by atoms with Gasteiger partial charge in [0.25, 0.3) is 0 Å². The van der Waals surface area contributed by atoms with Crippen molar-refractivity contribution in [3.8, 4) is 0 Å². The average Bonchev–Trinajstić information content (AvgIpc) is 2.60. The van der Waals surface area contributed by atoms with Crippen LogP contribution in [0.1, 0.15) is 17.5 Å². The quantitative estimate of drug-likeness (QED) is 0.551. The molecule has 2 aromatic carbocycles. The number of carboxylic acids is 1. The number of carboxylic acid groups (broad SMARTS) is 1. The average molecular weight is 376 g/mol. The minimum atomic E-state index is -3.73. The summed E-state index contributed by atoms with van der Waals surface area (Å²) in [6.07, 6.45) is 0.721. The molecule has 2 rings (SSSR count). The molecule has 4 N–H and O–H groups in total. The van der Waals surface area contributed by atoms with Gasteiger partial charge in [0, 0.05) is 6.54 Å². The molecule has 0 spiro atoms. The van der Waals surface area contributed by atoms with Gasteiger partial charge in [-0.1, -0.05) is 60.7 Å². The normalized spacial score (nSPS) is 14.7. The highest BCUT2D eigenvalue weighted by Gasteiger charge is 2.30. The van der Waals surface area contributed by atoms with Gasteiger partial charge in [0.15, 0.2) is 0 Å². The Morgan fingerprint density at radius 1 is 1.04 bits per heavy atom. The van der Waals surface area contributed by atoms with Gasteiger partial charge in [0.1, 0.15) is 0 Å². The summed E-state index contributed by atoms with van der Waals surface area (Å²) < 4.78 is 12.7. The van der Waals surface area contributed by atoms with Gasteiger partial charge in [0.05, 0.1) is 18.6 Å². The van der Waals surface area contributed by atoms with Gasteiger partial charge >= 0.3 is 5.97 Å². The van der Waals surface area contributed by atoms with Gasteiger partial charge in [-0.05, 0) is 24.0 Å². The van der Waals surface area contributed by atoms with E-state index >= 15 is 0 Å². The topological polar surface area (TPSA) is 104 Å². The molecule has 0 fully saturated rings. The van der Waals surface area contributed by atoms with E-state index in [9.17, 15) is 14.3 Å². The van der Waals surface area contributed by atoms with Gasteiger partial charge in [-0.3, -0.25) is 14.3 Å². The molecule has 2 aromatic rings. The minimum absolute atomic E-state index is 0.246. The Balaban J connectivity index is 1.99. The fraction of sp³-hybridized carbons (Fsp3) is 0.316. The minimum Gasteiger partial charge on any atom is -0.480 e. The first kappa shape index (κ1) is 20.3. The zero-order valence-electron chi connectivity index (χ0n) is 14.6. The van der Waals surface area contributed by atoms with Crippen molar-refractivity contribution in [2.24, 2.45) is 5.73 Å². The number of benzene rings is 2. The highest BCUT2D eigenvalue weighted by Crippen LogP contribution is 2.46. The molecule has 0 bridgehead atoms. The molecule has 7 heteroatoms. The highest BCUT2D eigenvalue weighted by molar-refractivity contribution is 7.58. The van der Waals surface area contributed by atoms with E-state index in [0.29, 0.717) is 12.8 Å². The molecule has 0 heterocycles. The maximum atomic E-state index is 12.7. The molecular weight excluding hydrogens is 351 g/mol. The second kappa shape index (κ2) is 9.64. The van der Waals surface area contributed by atoms with Crippen LogP contribution in [0.25, 0.3) is 0 Å². The van der Waals surface area contributed by atoms with E-state index in [4.69, 9.17) is 10.8 Å². The second-order valence-corrected chi connectivity index (χ2v) is 8.81. The van der Waals surface area contributed by atoms with Crippen LogP contribution in [0.2, 0.25) is 0 Å². The van der Waals surface area contributed by atoms with Crippen molar-refractivity contribution in [1.82, 2.24) is 4.90 Å². The van der Waals surface area contributed by atoms with Crippen LogP contribution in [0, 0.1) is 0 Å². The molecule has 2 unspecified atom stereocenters. The highest BCUT2D eigenvalue weighted by atomic mass is 31.2. The summed E-state index contributed by atoms with van der Waals surface area (Å²) in [4.78, 5) is 23.0. The number of hydrogen-bond acceptors (Lipinski definition) is 4. The molecule has 0 radical (unpaired) electrons. The van der Waals surface area contributed by atoms with Crippen LogP contribution >= 0.6 is 7.37 Å². The van der Waals surface area contributed by atoms with Crippen LogP contribution in [0.15, 0.2) is 60.7 Å². The number of nitrogens with two attached hydrogens (primary N) is 1. The third-order valence-corrected chi connectivity index (χ3v) is 6.20. The molecule has 0 aliphatic rings. The lowest BCUT2D eigenvalue weighted by Gasteiger charge is -2.26. The van der Waals surface area contributed by atoms with E-state index in [1.807, 2.05) is 60.7 Å². The Labute approximate surface area is 153 Å². The number of carbonyl (C=O) groups is 1. The molecule has 0 aliphatic carbocycles. The maximum absolute atomic E-state index is 12.7. The number of rotatable bonds is 10. The number of hydrogen-bond donors (Lipinski definition) is 3. The molecule has 6 nitrogen and oxygen atoms in total. The van der Waals surface area contributed by atoms with Crippen LogP contribution < -0.4 is 5.73 Å². The number of aliphatic carboxylic acids is 1. The van der Waals surface area contributed by atoms with Gasteiger partial charge in [-0.15, -0.1) is 0 Å². The Morgan fingerprint density at radius 3 is 2.12 bits per heavy atom. The van der Waals surface area contributed by atoms with Crippen molar-refractivity contribution in [1.29, 1.82) is 0 Å². The summed E-state index contributed by atoms with van der Waals surface area (Å²) in [7, 11) is -3.73. The van der Waals surface area contributed by atoms with Crippen molar-refractivity contribution < 1.29 is 19.4 Å². The molecule has 0 saturated heterocycles. The maximum Gasteiger partial charge on any atom is 0.317 e. The van der Waals surface area contributed by atoms with Gasteiger partial charge in [-0.25, -0.2) is 0 Å². The van der Waals surface area contributed by atoms with Gasteiger partial charge < -0.3 is 15.7 Å². The van der Waals surface area contributed by atoms with Crippen molar-refractivity contribution in [2.75, 3.05) is 12.8 Å². The lowest BCUT2D eigenvalue weighted by molar-refractivity contribution is -0.138. The smallest absolute Gasteiger partial charge is 0.317 e. The van der Waals surface area contributed by atoms with E-state index in [0.717, 1.165) is 11.1 Å². The molecule has 0 aliphatic heterocycles. The Bertz CT molecular complexity index is 740. The van der Waals surface area contributed by atoms with E-state index < -0.39 is 19.1 Å². The van der Waals surface area contributed by atoms with Crippen LogP contribution in [0.3, 0.4) is 0 Å². The van der Waals surface area contributed by atoms with Crippen LogP contribution in [-0.4, -0.2) is 39.5 Å². The fourth-order valence-electron chi connectivity index (χ4n) is 2.74. The van der Waals surface area contributed by atoms with Crippen molar-refractivity contribution in [2.45, 2.75) is 25.2 Å². The molecule has 0 aromatic heterocycles. The Hall–Kier alpha value is -1.98. The first-order valence-corrected chi connectivity index (χ1v) is 10.4. The van der Waals surface area contributed by atoms with Crippen LogP contribution in [0.5, 0.6) is 0 Å². The van der Waals surface area contributed by atoms with E-state index in [1.165, 1.54) is 4.90 Å². The lowest BCUT2D eigenvalue weighted by Crippen LogP contribution is -2.34. The number of nitrogens with zero attached hydrogens (tertiary/aromatic N) is 1. The Morgan fingerprint density at radius 2 is 1.58 bits per heavy atom. The molecule has 0 saturated carbocycles. The summed E-state index contributed by atoms with van der Waals surface area (Å²) in [6, 6.07) is 18.9. The monoisotopic (exact) mass is 376 g/mol. The van der Waals surface area contributed by atoms with Crippen molar-refractivity contribution in [3.63, 3.8) is 0 Å². The summed E-state index contributed by atoms with van der Waals surface area (Å²) in [5.74, 6) is -1.94. The van der Waals surface area contributed by atoms with E-state index in [1.54, 1.807) is 0 Å². The second-order valence-electron chi connectivity index (χ2n) is 6.36. The molecule has 2 atom stereocenters. The first-order chi connectivity index (χ1) is 12.4. The zero-order valence-corrected chi connectivity index (χ0v) is 15.5.